The zero-order chi connectivity index (χ0) is 17.4. The van der Waals surface area contributed by atoms with Gasteiger partial charge >= 0.3 is 0 Å². The molecular formula is C18H13BrN4O2. The number of para-hydroxylation sites is 1. The van der Waals surface area contributed by atoms with E-state index in [9.17, 15) is 4.79 Å². The molecule has 1 N–H and O–H groups in total. The second kappa shape index (κ2) is 6.18. The number of nitrogens with zero attached hydrogens (tertiary/aromatic N) is 3. The van der Waals surface area contributed by atoms with E-state index in [1.165, 1.54) is 0 Å². The Morgan fingerprint density at radius 3 is 2.48 bits per heavy atom. The molecule has 0 aliphatic heterocycles. The molecule has 0 spiro atoms. The van der Waals surface area contributed by atoms with Gasteiger partial charge in [-0.3, -0.25) is 4.79 Å². The van der Waals surface area contributed by atoms with Crippen LogP contribution in [0.15, 0.2) is 63.7 Å². The van der Waals surface area contributed by atoms with Gasteiger partial charge in [-0.2, -0.15) is 4.80 Å². The van der Waals surface area contributed by atoms with Crippen LogP contribution in [0.4, 0.5) is 5.69 Å². The summed E-state index contributed by atoms with van der Waals surface area (Å²) in [5, 5.41) is 11.8. The van der Waals surface area contributed by atoms with Crippen LogP contribution in [0.5, 0.6) is 0 Å². The van der Waals surface area contributed by atoms with Gasteiger partial charge in [0, 0.05) is 5.69 Å². The Kier molecular flexibility index (Phi) is 3.85. The first-order chi connectivity index (χ1) is 12.1. The van der Waals surface area contributed by atoms with E-state index in [0.717, 1.165) is 16.8 Å². The predicted molar refractivity (Wildman–Crippen MR) is 98.0 cm³/mol. The number of hydrogen-bond acceptors (Lipinski definition) is 4. The highest BCUT2D eigenvalue weighted by Gasteiger charge is 2.14. The normalized spacial score (nSPS) is 11.0. The first kappa shape index (κ1) is 15.6. The van der Waals surface area contributed by atoms with Crippen molar-refractivity contribution in [2.24, 2.45) is 0 Å². The number of anilines is 1. The number of aryl methyl sites for hydroxylation is 1. The standard InChI is InChI=1S/C18H13BrN4O2/c1-11-9-14-15(22-23(21-14)12-5-3-2-4-6-12)10-13(11)20-18(24)16-7-8-17(19)25-16/h2-10H,1H3,(H,20,24). The van der Waals surface area contributed by atoms with Gasteiger partial charge in [-0.05, 0) is 64.8 Å². The minimum atomic E-state index is -0.316. The molecule has 0 aliphatic rings. The second-order valence-corrected chi connectivity index (χ2v) is 6.32. The van der Waals surface area contributed by atoms with Crippen LogP contribution < -0.4 is 5.32 Å². The lowest BCUT2D eigenvalue weighted by molar-refractivity contribution is 0.0995. The molecule has 25 heavy (non-hydrogen) atoms. The first-order valence-electron chi connectivity index (χ1n) is 7.60. The Balaban J connectivity index is 1.68. The summed E-state index contributed by atoms with van der Waals surface area (Å²) in [5.74, 6) is -0.0806. The van der Waals surface area contributed by atoms with E-state index >= 15 is 0 Å². The van der Waals surface area contributed by atoms with Gasteiger partial charge < -0.3 is 9.73 Å². The minimum Gasteiger partial charge on any atom is -0.444 e. The van der Waals surface area contributed by atoms with Gasteiger partial charge in [-0.25, -0.2) is 0 Å². The first-order valence-corrected chi connectivity index (χ1v) is 8.39. The zero-order valence-corrected chi connectivity index (χ0v) is 14.8. The van der Waals surface area contributed by atoms with Gasteiger partial charge in [0.15, 0.2) is 10.4 Å². The number of rotatable bonds is 3. The molecule has 4 aromatic rings. The molecule has 0 fully saturated rings. The lowest BCUT2D eigenvalue weighted by atomic mass is 10.1. The van der Waals surface area contributed by atoms with Crippen LogP contribution in [-0.2, 0) is 0 Å². The van der Waals surface area contributed by atoms with Crippen molar-refractivity contribution in [1.82, 2.24) is 15.0 Å². The molecular weight excluding hydrogens is 384 g/mol. The maximum Gasteiger partial charge on any atom is 0.291 e. The average Bonchev–Trinajstić information content (AvgIpc) is 3.22. The number of carbonyl (C=O) groups excluding carboxylic acids is 1. The monoisotopic (exact) mass is 396 g/mol. The number of nitrogens with one attached hydrogen (secondary N) is 1. The number of carbonyl (C=O) groups is 1. The number of benzene rings is 2. The fourth-order valence-corrected chi connectivity index (χ4v) is 2.81. The minimum absolute atomic E-state index is 0.235. The van der Waals surface area contributed by atoms with E-state index in [4.69, 9.17) is 4.42 Å². The number of hydrogen-bond donors (Lipinski definition) is 1. The number of fused-ring (bicyclic) bond motifs is 1. The summed E-state index contributed by atoms with van der Waals surface area (Å²) in [5.41, 5.74) is 3.91. The molecule has 2 aromatic heterocycles. The van der Waals surface area contributed by atoms with Crippen LogP contribution >= 0.6 is 15.9 Å². The molecule has 0 saturated heterocycles. The summed E-state index contributed by atoms with van der Waals surface area (Å²) >= 11 is 3.19. The lowest BCUT2D eigenvalue weighted by Gasteiger charge is -2.06. The Bertz CT molecular complexity index is 1070. The van der Waals surface area contributed by atoms with Gasteiger partial charge in [-0.15, -0.1) is 10.2 Å². The number of amides is 1. The van der Waals surface area contributed by atoms with Crippen LogP contribution in [0, 0.1) is 6.92 Å². The maximum atomic E-state index is 12.3. The molecule has 2 heterocycles. The highest BCUT2D eigenvalue weighted by molar-refractivity contribution is 9.10. The van der Waals surface area contributed by atoms with E-state index in [0.29, 0.717) is 15.9 Å². The molecule has 7 heteroatoms. The third-order valence-corrected chi connectivity index (χ3v) is 4.18. The molecule has 0 bridgehead atoms. The van der Waals surface area contributed by atoms with Crippen LogP contribution in [0.25, 0.3) is 16.7 Å². The topological polar surface area (TPSA) is 73.0 Å². The highest BCUT2D eigenvalue weighted by atomic mass is 79.9. The van der Waals surface area contributed by atoms with Gasteiger partial charge in [0.05, 0.1) is 5.69 Å². The van der Waals surface area contributed by atoms with Crippen LogP contribution in [0.2, 0.25) is 0 Å². The zero-order valence-electron chi connectivity index (χ0n) is 13.2. The maximum absolute atomic E-state index is 12.3. The van der Waals surface area contributed by atoms with Crippen molar-refractivity contribution in [3.8, 4) is 5.69 Å². The van der Waals surface area contributed by atoms with Crippen molar-refractivity contribution in [3.63, 3.8) is 0 Å². The Hall–Kier alpha value is -2.93. The molecule has 6 nitrogen and oxygen atoms in total. The molecule has 0 atom stereocenters. The van der Waals surface area contributed by atoms with E-state index < -0.39 is 0 Å². The Labute approximate surface area is 151 Å². The molecule has 0 radical (unpaired) electrons. The number of furan rings is 1. The molecule has 2 aromatic carbocycles. The Morgan fingerprint density at radius 1 is 1.08 bits per heavy atom. The SMILES string of the molecule is Cc1cc2nn(-c3ccccc3)nc2cc1NC(=O)c1ccc(Br)o1. The third kappa shape index (κ3) is 3.06. The summed E-state index contributed by atoms with van der Waals surface area (Å²) in [6.07, 6.45) is 0. The van der Waals surface area contributed by atoms with Crippen molar-refractivity contribution in [1.29, 1.82) is 0 Å². The fraction of sp³-hybridized carbons (Fsp3) is 0.0556. The van der Waals surface area contributed by atoms with Crippen molar-refractivity contribution >= 4 is 38.6 Å². The highest BCUT2D eigenvalue weighted by Crippen LogP contribution is 2.23. The van der Waals surface area contributed by atoms with Gasteiger partial charge in [0.25, 0.3) is 5.91 Å². The molecule has 0 saturated carbocycles. The summed E-state index contributed by atoms with van der Waals surface area (Å²) < 4.78 is 5.79. The van der Waals surface area contributed by atoms with E-state index in [2.05, 4.69) is 31.4 Å². The molecule has 0 unspecified atom stereocenters. The van der Waals surface area contributed by atoms with E-state index in [-0.39, 0.29) is 11.7 Å². The second-order valence-electron chi connectivity index (χ2n) is 5.54. The quantitative estimate of drug-likeness (QED) is 0.558. The van der Waals surface area contributed by atoms with Crippen molar-refractivity contribution < 1.29 is 9.21 Å². The summed E-state index contributed by atoms with van der Waals surface area (Å²) in [6.45, 7) is 1.91. The molecule has 4 rings (SSSR count). The summed E-state index contributed by atoms with van der Waals surface area (Å²) in [4.78, 5) is 13.9. The predicted octanol–water partition coefficient (Wildman–Crippen LogP) is 4.34. The largest absolute Gasteiger partial charge is 0.444 e. The third-order valence-electron chi connectivity index (χ3n) is 3.76. The fourth-order valence-electron chi connectivity index (χ4n) is 2.50. The van der Waals surface area contributed by atoms with Gasteiger partial charge in [0.1, 0.15) is 11.0 Å². The van der Waals surface area contributed by atoms with Crippen LogP contribution in [0.1, 0.15) is 16.1 Å². The molecule has 1 amide bonds. The summed E-state index contributed by atoms with van der Waals surface area (Å²) in [6, 6.07) is 16.7. The van der Waals surface area contributed by atoms with E-state index in [1.807, 2.05) is 49.4 Å². The van der Waals surface area contributed by atoms with Crippen molar-refractivity contribution in [2.45, 2.75) is 6.92 Å². The van der Waals surface area contributed by atoms with Crippen LogP contribution in [-0.4, -0.2) is 20.9 Å². The average molecular weight is 397 g/mol. The number of aromatic nitrogens is 3. The smallest absolute Gasteiger partial charge is 0.291 e. The molecule has 124 valence electrons. The van der Waals surface area contributed by atoms with Crippen molar-refractivity contribution in [3.05, 3.63) is 70.6 Å². The van der Waals surface area contributed by atoms with Gasteiger partial charge in [-0.1, -0.05) is 18.2 Å². The summed E-state index contributed by atoms with van der Waals surface area (Å²) in [7, 11) is 0. The van der Waals surface area contributed by atoms with Crippen LogP contribution in [0.3, 0.4) is 0 Å². The van der Waals surface area contributed by atoms with Gasteiger partial charge in [0.2, 0.25) is 0 Å². The van der Waals surface area contributed by atoms with Crippen molar-refractivity contribution in [2.75, 3.05) is 5.32 Å². The lowest BCUT2D eigenvalue weighted by Crippen LogP contribution is -2.11. The molecule has 0 aliphatic carbocycles. The Morgan fingerprint density at radius 2 is 1.80 bits per heavy atom. The number of halogens is 1. The van der Waals surface area contributed by atoms with E-state index in [1.54, 1.807) is 16.9 Å².